The third-order valence-corrected chi connectivity index (χ3v) is 6.50. The van der Waals surface area contributed by atoms with Crippen molar-refractivity contribution >= 4 is 48.3 Å². The molecule has 0 saturated carbocycles. The molecule has 0 spiro atoms. The van der Waals surface area contributed by atoms with Crippen LogP contribution in [0.5, 0.6) is 5.75 Å². The number of primary amides is 1. The largest absolute Gasteiger partial charge is 0.491 e. The molecule has 0 radical (unpaired) electrons. The predicted molar refractivity (Wildman–Crippen MR) is 158 cm³/mol. The zero-order valence-corrected chi connectivity index (χ0v) is 24.8. The molecule has 1 heterocycles. The van der Waals surface area contributed by atoms with E-state index in [1.54, 1.807) is 18.2 Å². The van der Waals surface area contributed by atoms with Gasteiger partial charge in [-0.25, -0.2) is 15.1 Å². The average molecular weight is 600 g/mol. The van der Waals surface area contributed by atoms with Gasteiger partial charge in [-0.2, -0.15) is 0 Å². The van der Waals surface area contributed by atoms with Crippen molar-refractivity contribution < 1.29 is 28.7 Å². The molecule has 12 heteroatoms. The summed E-state index contributed by atoms with van der Waals surface area (Å²) in [7, 11) is 0. The molecule has 40 heavy (non-hydrogen) atoms. The van der Waals surface area contributed by atoms with Crippen LogP contribution >= 0.6 is 24.8 Å². The normalized spacial score (nSPS) is 15.6. The summed E-state index contributed by atoms with van der Waals surface area (Å²) >= 11 is 0. The number of hydrogen-bond acceptors (Lipinski definition) is 9. The molecule has 10 nitrogen and oxygen atoms in total. The Morgan fingerprint density at radius 1 is 1.05 bits per heavy atom. The van der Waals surface area contributed by atoms with Gasteiger partial charge in [0.15, 0.2) is 0 Å². The highest BCUT2D eigenvalue weighted by Crippen LogP contribution is 2.28. The highest BCUT2D eigenvalue weighted by molar-refractivity contribution is 5.91. The molecule has 1 amide bonds. The van der Waals surface area contributed by atoms with Crippen LogP contribution in [0.15, 0.2) is 42.5 Å². The fraction of sp³-hybridized carbons (Fsp3) is 0.464. The molecule has 3 rings (SSSR count). The number of fused-ring (bicyclic) bond motifs is 1. The lowest BCUT2D eigenvalue weighted by atomic mass is 9.90. The van der Waals surface area contributed by atoms with Crippen molar-refractivity contribution in [1.29, 1.82) is 0 Å². The first-order valence-electron chi connectivity index (χ1n) is 13.1. The molecular weight excluding hydrogens is 559 g/mol. The fourth-order valence-electron chi connectivity index (χ4n) is 4.20. The Hall–Kier alpha value is -3.05. The Balaban J connectivity index is 0.00000400. The van der Waals surface area contributed by atoms with Crippen molar-refractivity contribution in [2.45, 2.75) is 52.1 Å². The average Bonchev–Trinajstić information content (AvgIpc) is 2.93. The van der Waals surface area contributed by atoms with Gasteiger partial charge in [-0.05, 0) is 55.3 Å². The molecule has 2 atom stereocenters. The van der Waals surface area contributed by atoms with E-state index in [4.69, 9.17) is 20.0 Å². The van der Waals surface area contributed by atoms with Crippen LogP contribution in [0.4, 0.5) is 5.69 Å². The van der Waals surface area contributed by atoms with Gasteiger partial charge >= 0.3 is 11.9 Å². The van der Waals surface area contributed by atoms with Gasteiger partial charge < -0.3 is 24.9 Å². The summed E-state index contributed by atoms with van der Waals surface area (Å²) in [5.41, 5.74) is 10.5. The standard InChI is InChI=1S/C28H38N4O6.2ClH/c1-4-7-15-36-24-18-20(27(34)37-16-14-32(5-2)6-3)12-13-22(24)31-38-28(35)23-17-19-10-8-9-11-21(19)25(30-23)26(29)33;;/h8-13,18,23,25,30-31H,4-7,14-17H2,1-3H3,(H2,29,33);2*1H/t23-,25?;;/m0../s1. The number of hydrogen-bond donors (Lipinski definition) is 3. The maximum absolute atomic E-state index is 12.9. The maximum Gasteiger partial charge on any atom is 0.349 e. The number of ether oxygens (including phenoxy) is 2. The quantitative estimate of drug-likeness (QED) is 0.168. The molecular formula is C28H40Cl2N4O6. The zero-order valence-electron chi connectivity index (χ0n) is 23.1. The number of likely N-dealkylation sites (N-methyl/N-ethyl adjacent to an activating group) is 1. The number of nitrogens with zero attached hydrogens (tertiary/aromatic N) is 1. The van der Waals surface area contributed by atoms with Crippen molar-refractivity contribution in [3.05, 3.63) is 59.2 Å². The lowest BCUT2D eigenvalue weighted by Crippen LogP contribution is -2.49. The number of benzene rings is 2. The fourth-order valence-corrected chi connectivity index (χ4v) is 4.20. The van der Waals surface area contributed by atoms with Crippen LogP contribution in [0.25, 0.3) is 0 Å². The molecule has 1 aliphatic heterocycles. The van der Waals surface area contributed by atoms with Crippen molar-refractivity contribution in [3.63, 3.8) is 0 Å². The van der Waals surface area contributed by atoms with E-state index < -0.39 is 29.9 Å². The van der Waals surface area contributed by atoms with Crippen LogP contribution in [0.1, 0.15) is 61.1 Å². The van der Waals surface area contributed by atoms with Crippen molar-refractivity contribution in [2.75, 3.05) is 38.3 Å². The molecule has 0 saturated heterocycles. The summed E-state index contributed by atoms with van der Waals surface area (Å²) in [5, 5.41) is 2.98. The lowest BCUT2D eigenvalue weighted by molar-refractivity contribution is -0.143. The third-order valence-electron chi connectivity index (χ3n) is 6.50. The smallest absolute Gasteiger partial charge is 0.349 e. The number of rotatable bonds is 14. The van der Waals surface area contributed by atoms with Gasteiger partial charge in [0, 0.05) is 6.54 Å². The van der Waals surface area contributed by atoms with E-state index in [-0.39, 0.29) is 31.4 Å². The van der Waals surface area contributed by atoms with Crippen molar-refractivity contribution in [2.24, 2.45) is 5.73 Å². The molecule has 0 bridgehead atoms. The predicted octanol–water partition coefficient (Wildman–Crippen LogP) is 3.82. The summed E-state index contributed by atoms with van der Waals surface area (Å²) in [6.45, 7) is 9.30. The number of halogens is 2. The van der Waals surface area contributed by atoms with E-state index in [0.29, 0.717) is 36.6 Å². The molecule has 2 aromatic carbocycles. The Bertz CT molecular complexity index is 1120. The molecule has 222 valence electrons. The summed E-state index contributed by atoms with van der Waals surface area (Å²) in [5.74, 6) is -1.27. The summed E-state index contributed by atoms with van der Waals surface area (Å²) in [6.07, 6.45) is 2.09. The minimum atomic E-state index is -0.794. The second-order valence-corrected chi connectivity index (χ2v) is 9.06. The van der Waals surface area contributed by atoms with Crippen LogP contribution in [0.2, 0.25) is 0 Å². The molecule has 4 N–H and O–H groups in total. The zero-order chi connectivity index (χ0) is 27.5. The summed E-state index contributed by atoms with van der Waals surface area (Å²) < 4.78 is 11.3. The Morgan fingerprint density at radius 2 is 1.77 bits per heavy atom. The topological polar surface area (TPSA) is 132 Å². The van der Waals surface area contributed by atoms with Gasteiger partial charge in [0.2, 0.25) is 5.91 Å². The second kappa shape index (κ2) is 17.6. The Labute approximate surface area is 248 Å². The van der Waals surface area contributed by atoms with E-state index >= 15 is 0 Å². The molecule has 1 unspecified atom stereocenters. The van der Waals surface area contributed by atoms with Crippen LogP contribution in [-0.4, -0.2) is 61.6 Å². The number of esters is 1. The first kappa shape index (κ1) is 35.0. The van der Waals surface area contributed by atoms with Gasteiger partial charge in [-0.3, -0.25) is 10.1 Å². The SMILES string of the molecule is CCCCOc1cc(C(=O)OCCN(CC)CC)ccc1NOC(=O)[C@@H]1Cc2ccccc2C(C(N)=O)N1.Cl.Cl. The number of nitrogens with one attached hydrogen (secondary N) is 2. The second-order valence-electron chi connectivity index (χ2n) is 9.06. The minimum Gasteiger partial charge on any atom is -0.491 e. The van der Waals surface area contributed by atoms with Crippen LogP contribution in [0.3, 0.4) is 0 Å². The number of carbonyl (C=O) groups excluding carboxylic acids is 3. The minimum absolute atomic E-state index is 0. The van der Waals surface area contributed by atoms with Crippen LogP contribution in [0, 0.1) is 0 Å². The van der Waals surface area contributed by atoms with Crippen molar-refractivity contribution in [3.8, 4) is 5.75 Å². The van der Waals surface area contributed by atoms with Gasteiger partial charge in [0.1, 0.15) is 30.1 Å². The van der Waals surface area contributed by atoms with Gasteiger partial charge in [0.05, 0.1) is 12.2 Å². The lowest BCUT2D eigenvalue weighted by Gasteiger charge is -2.30. The summed E-state index contributed by atoms with van der Waals surface area (Å²) in [4.78, 5) is 45.0. The highest BCUT2D eigenvalue weighted by Gasteiger charge is 2.34. The molecule has 2 aromatic rings. The van der Waals surface area contributed by atoms with Gasteiger partial charge in [0.25, 0.3) is 0 Å². The molecule has 1 aliphatic rings. The number of unbranched alkanes of at least 4 members (excludes halogenated alkanes) is 1. The molecule has 0 aliphatic carbocycles. The Morgan fingerprint density at radius 3 is 2.45 bits per heavy atom. The van der Waals surface area contributed by atoms with Gasteiger partial charge in [-0.1, -0.05) is 51.5 Å². The first-order chi connectivity index (χ1) is 18.4. The van der Waals surface area contributed by atoms with E-state index in [1.165, 1.54) is 0 Å². The Kier molecular flexibility index (Phi) is 15.4. The maximum atomic E-state index is 12.9. The van der Waals surface area contributed by atoms with E-state index in [2.05, 4.69) is 29.5 Å². The van der Waals surface area contributed by atoms with Crippen LogP contribution < -0.4 is 21.3 Å². The molecule has 0 fully saturated rings. The van der Waals surface area contributed by atoms with Crippen molar-refractivity contribution in [1.82, 2.24) is 10.2 Å². The number of carbonyl (C=O) groups is 3. The number of anilines is 1. The van der Waals surface area contributed by atoms with E-state index in [9.17, 15) is 14.4 Å². The third kappa shape index (κ3) is 9.55. The highest BCUT2D eigenvalue weighted by atomic mass is 35.5. The van der Waals surface area contributed by atoms with E-state index in [1.807, 2.05) is 31.2 Å². The summed E-state index contributed by atoms with van der Waals surface area (Å²) in [6, 6.07) is 10.5. The monoisotopic (exact) mass is 598 g/mol. The first-order valence-corrected chi connectivity index (χ1v) is 13.1. The van der Waals surface area contributed by atoms with E-state index in [0.717, 1.165) is 37.1 Å². The van der Waals surface area contributed by atoms with Gasteiger partial charge in [-0.15, -0.1) is 24.8 Å². The van der Waals surface area contributed by atoms with Crippen LogP contribution in [-0.2, 0) is 25.6 Å². The number of amides is 1. The number of nitrogens with two attached hydrogens (primary N) is 1. The molecule has 0 aromatic heterocycles.